The summed E-state index contributed by atoms with van der Waals surface area (Å²) in [5, 5.41) is 10.0. The van der Waals surface area contributed by atoms with Crippen molar-refractivity contribution in [2.24, 2.45) is 0 Å². The van der Waals surface area contributed by atoms with Gasteiger partial charge in [0.1, 0.15) is 5.60 Å². The number of halogens is 1. The third kappa shape index (κ3) is 4.63. The van der Waals surface area contributed by atoms with E-state index < -0.39 is 23.7 Å². The molecule has 122 valence electrons. The molecule has 5 nitrogen and oxygen atoms in total. The molecular weight excluding hydrogens is 306 g/mol. The van der Waals surface area contributed by atoms with Gasteiger partial charge in [-0.15, -0.1) is 0 Å². The van der Waals surface area contributed by atoms with E-state index in [0.29, 0.717) is 10.6 Å². The molecule has 1 aromatic carbocycles. The molecule has 0 aliphatic heterocycles. The summed E-state index contributed by atoms with van der Waals surface area (Å²) in [4.78, 5) is 25.1. The predicted molar refractivity (Wildman–Crippen MR) is 85.2 cm³/mol. The van der Waals surface area contributed by atoms with Crippen molar-refractivity contribution >= 4 is 23.7 Å². The van der Waals surface area contributed by atoms with Gasteiger partial charge in [0.2, 0.25) is 0 Å². The van der Waals surface area contributed by atoms with Crippen LogP contribution >= 0.6 is 11.6 Å². The van der Waals surface area contributed by atoms with Crippen LogP contribution in [0.5, 0.6) is 0 Å². The van der Waals surface area contributed by atoms with Gasteiger partial charge < -0.3 is 9.84 Å². The zero-order valence-electron chi connectivity index (χ0n) is 13.5. The van der Waals surface area contributed by atoms with Gasteiger partial charge in [0.15, 0.2) is 6.04 Å². The lowest BCUT2D eigenvalue weighted by Crippen LogP contribution is -2.42. The highest BCUT2D eigenvalue weighted by molar-refractivity contribution is 6.31. The van der Waals surface area contributed by atoms with Crippen molar-refractivity contribution in [3.63, 3.8) is 0 Å². The van der Waals surface area contributed by atoms with Crippen LogP contribution in [0, 0.1) is 6.92 Å². The molecule has 0 saturated carbocycles. The van der Waals surface area contributed by atoms with E-state index in [1.165, 1.54) is 4.90 Å². The van der Waals surface area contributed by atoms with E-state index in [4.69, 9.17) is 16.3 Å². The molecule has 0 fully saturated rings. The Morgan fingerprint density at radius 1 is 1.36 bits per heavy atom. The maximum Gasteiger partial charge on any atom is 0.411 e. The van der Waals surface area contributed by atoms with Gasteiger partial charge in [-0.3, -0.25) is 4.90 Å². The molecular formula is C16H22ClNO4. The van der Waals surface area contributed by atoms with Crippen LogP contribution in [0.3, 0.4) is 0 Å². The zero-order chi connectivity index (χ0) is 17.1. The first-order valence-electron chi connectivity index (χ1n) is 7.05. The fraction of sp³-hybridized carbons (Fsp3) is 0.500. The van der Waals surface area contributed by atoms with Crippen molar-refractivity contribution in [3.8, 4) is 0 Å². The number of benzene rings is 1. The Bertz CT molecular complexity index is 566. The summed E-state index contributed by atoms with van der Waals surface area (Å²) in [5.41, 5.74) is 0.587. The molecule has 1 atom stereocenters. The molecule has 0 bridgehead atoms. The van der Waals surface area contributed by atoms with E-state index in [9.17, 15) is 14.7 Å². The summed E-state index contributed by atoms with van der Waals surface area (Å²) in [6.45, 7) is 8.94. The Balaban J connectivity index is 3.18. The minimum absolute atomic E-state index is 0.206. The highest BCUT2D eigenvalue weighted by Gasteiger charge is 2.33. The van der Waals surface area contributed by atoms with Gasteiger partial charge in [-0.2, -0.15) is 0 Å². The highest BCUT2D eigenvalue weighted by atomic mass is 35.5. The van der Waals surface area contributed by atoms with E-state index >= 15 is 0 Å². The van der Waals surface area contributed by atoms with Crippen LogP contribution in [0.2, 0.25) is 5.02 Å². The average Bonchev–Trinajstić information content (AvgIpc) is 2.36. The number of hydrogen-bond donors (Lipinski definition) is 1. The quantitative estimate of drug-likeness (QED) is 0.906. The fourth-order valence-corrected chi connectivity index (χ4v) is 2.16. The number of aryl methyl sites for hydroxylation is 1. The van der Waals surface area contributed by atoms with E-state index in [1.807, 2.05) is 6.92 Å². The first-order chi connectivity index (χ1) is 10.1. The van der Waals surface area contributed by atoms with Crippen LogP contribution in [-0.4, -0.2) is 34.2 Å². The summed E-state index contributed by atoms with van der Waals surface area (Å²) < 4.78 is 5.29. The van der Waals surface area contributed by atoms with Gasteiger partial charge in [-0.25, -0.2) is 9.59 Å². The van der Waals surface area contributed by atoms with Crippen LogP contribution in [0.25, 0.3) is 0 Å². The molecule has 6 heteroatoms. The number of carboxylic acid groups (broad SMARTS) is 1. The van der Waals surface area contributed by atoms with Gasteiger partial charge in [-0.1, -0.05) is 23.7 Å². The van der Waals surface area contributed by atoms with Crippen molar-refractivity contribution < 1.29 is 19.4 Å². The molecule has 0 heterocycles. The summed E-state index contributed by atoms with van der Waals surface area (Å²) in [5.74, 6) is -1.13. The Morgan fingerprint density at radius 3 is 2.36 bits per heavy atom. The van der Waals surface area contributed by atoms with Gasteiger partial charge in [0.25, 0.3) is 0 Å². The molecule has 22 heavy (non-hydrogen) atoms. The maximum absolute atomic E-state index is 12.3. The van der Waals surface area contributed by atoms with Crippen molar-refractivity contribution in [2.75, 3.05) is 6.54 Å². The SMILES string of the molecule is CCN(C(=O)OC(C)(C)C)C(C(=O)O)c1ccc(C)c(Cl)c1. The number of hydrogen-bond acceptors (Lipinski definition) is 3. The first-order valence-corrected chi connectivity index (χ1v) is 7.43. The standard InChI is InChI=1S/C16H22ClNO4/c1-6-18(15(21)22-16(3,4)5)13(14(19)20)11-8-7-10(2)12(17)9-11/h7-9,13H,6H2,1-5H3,(H,19,20). The third-order valence-electron chi connectivity index (χ3n) is 3.03. The fourth-order valence-electron chi connectivity index (χ4n) is 1.97. The van der Waals surface area contributed by atoms with Gasteiger partial charge in [-0.05, 0) is 51.8 Å². The first kappa shape index (κ1) is 18.3. The molecule has 0 spiro atoms. The Hall–Kier alpha value is -1.75. The molecule has 1 aromatic rings. The van der Waals surface area contributed by atoms with Crippen LogP contribution in [-0.2, 0) is 9.53 Å². The van der Waals surface area contributed by atoms with Crippen LogP contribution in [0.4, 0.5) is 4.79 Å². The van der Waals surface area contributed by atoms with Crippen LogP contribution in [0.15, 0.2) is 18.2 Å². The van der Waals surface area contributed by atoms with Gasteiger partial charge in [0, 0.05) is 11.6 Å². The normalized spacial score (nSPS) is 12.6. The minimum Gasteiger partial charge on any atom is -0.479 e. The molecule has 1 rings (SSSR count). The van der Waals surface area contributed by atoms with Crippen LogP contribution < -0.4 is 0 Å². The largest absolute Gasteiger partial charge is 0.479 e. The van der Waals surface area contributed by atoms with Crippen molar-refractivity contribution in [3.05, 3.63) is 34.3 Å². The number of carbonyl (C=O) groups is 2. The summed E-state index contributed by atoms with van der Waals surface area (Å²) >= 11 is 6.07. The van der Waals surface area contributed by atoms with Crippen molar-refractivity contribution in [1.29, 1.82) is 0 Å². The number of ether oxygens (including phenoxy) is 1. The molecule has 0 aromatic heterocycles. The summed E-state index contributed by atoms with van der Waals surface area (Å²) in [7, 11) is 0. The Morgan fingerprint density at radius 2 is 1.95 bits per heavy atom. The number of carboxylic acids is 1. The Labute approximate surface area is 135 Å². The highest BCUT2D eigenvalue weighted by Crippen LogP contribution is 2.27. The number of carbonyl (C=O) groups excluding carboxylic acids is 1. The smallest absolute Gasteiger partial charge is 0.411 e. The van der Waals surface area contributed by atoms with Crippen molar-refractivity contribution in [2.45, 2.75) is 46.3 Å². The van der Waals surface area contributed by atoms with Gasteiger partial charge >= 0.3 is 12.1 Å². The number of aliphatic carboxylic acids is 1. The van der Waals surface area contributed by atoms with Crippen LogP contribution in [0.1, 0.15) is 44.9 Å². The number of nitrogens with zero attached hydrogens (tertiary/aromatic N) is 1. The number of rotatable bonds is 4. The summed E-state index contributed by atoms with van der Waals surface area (Å²) in [6.07, 6.45) is -0.668. The molecule has 0 aliphatic carbocycles. The Kier molecular flexibility index (Phi) is 5.83. The monoisotopic (exact) mass is 327 g/mol. The predicted octanol–water partition coefficient (Wildman–Crippen LogP) is 4.03. The van der Waals surface area contributed by atoms with E-state index in [2.05, 4.69) is 0 Å². The second-order valence-electron chi connectivity index (χ2n) is 6.02. The van der Waals surface area contributed by atoms with Gasteiger partial charge in [0.05, 0.1) is 0 Å². The lowest BCUT2D eigenvalue weighted by Gasteiger charge is -2.31. The van der Waals surface area contributed by atoms with E-state index in [1.54, 1.807) is 45.9 Å². The molecule has 1 amide bonds. The third-order valence-corrected chi connectivity index (χ3v) is 3.43. The lowest BCUT2D eigenvalue weighted by atomic mass is 10.0. The molecule has 1 unspecified atom stereocenters. The zero-order valence-corrected chi connectivity index (χ0v) is 14.3. The lowest BCUT2D eigenvalue weighted by molar-refractivity contribution is -0.143. The van der Waals surface area contributed by atoms with E-state index in [-0.39, 0.29) is 6.54 Å². The number of likely N-dealkylation sites (N-methyl/N-ethyl adjacent to an activating group) is 1. The molecule has 0 radical (unpaired) electrons. The second-order valence-corrected chi connectivity index (χ2v) is 6.42. The summed E-state index contributed by atoms with van der Waals surface area (Å²) in [6, 6.07) is 3.82. The maximum atomic E-state index is 12.3. The van der Waals surface area contributed by atoms with Crippen molar-refractivity contribution in [1.82, 2.24) is 4.90 Å². The topological polar surface area (TPSA) is 66.8 Å². The second kappa shape index (κ2) is 7.01. The molecule has 1 N–H and O–H groups in total. The van der Waals surface area contributed by atoms with E-state index in [0.717, 1.165) is 5.56 Å². The molecule has 0 aliphatic rings. The minimum atomic E-state index is -1.14. The molecule has 0 saturated heterocycles. The number of amides is 1. The average molecular weight is 328 g/mol.